The molecule has 0 amide bonds. The Bertz CT molecular complexity index is 739. The zero-order chi connectivity index (χ0) is 19.6. The third-order valence-electron chi connectivity index (χ3n) is 4.93. The molecule has 1 aromatic carbocycles. The van der Waals surface area contributed by atoms with Crippen molar-refractivity contribution in [1.29, 1.82) is 0 Å². The molecule has 0 saturated carbocycles. The molecule has 1 fully saturated rings. The molecule has 2 heterocycles. The Hall–Kier alpha value is -2.28. The van der Waals surface area contributed by atoms with Crippen molar-refractivity contribution in [3.63, 3.8) is 0 Å². The third kappa shape index (κ3) is 4.53. The van der Waals surface area contributed by atoms with Gasteiger partial charge < -0.3 is 14.9 Å². The number of aliphatic hydroxyl groups excluding tert-OH is 1. The van der Waals surface area contributed by atoms with Crippen molar-refractivity contribution in [2.24, 2.45) is 0 Å². The first-order valence-electron chi connectivity index (χ1n) is 9.48. The van der Waals surface area contributed by atoms with Gasteiger partial charge in [0.2, 0.25) is 11.9 Å². The monoisotopic (exact) mass is 373 g/mol. The van der Waals surface area contributed by atoms with E-state index in [1.165, 1.54) is 12.1 Å². The predicted molar refractivity (Wildman–Crippen MR) is 105 cm³/mol. The van der Waals surface area contributed by atoms with Crippen LogP contribution in [0.5, 0.6) is 0 Å². The summed E-state index contributed by atoms with van der Waals surface area (Å²) in [5.74, 6) is 2.00. The molecule has 2 atom stereocenters. The minimum absolute atomic E-state index is 0.141. The van der Waals surface area contributed by atoms with Gasteiger partial charge in [-0.05, 0) is 37.0 Å². The van der Waals surface area contributed by atoms with Crippen LogP contribution in [0.4, 0.5) is 16.3 Å². The van der Waals surface area contributed by atoms with E-state index in [9.17, 15) is 9.50 Å². The predicted octanol–water partition coefficient (Wildman–Crippen LogP) is 3.29. The zero-order valence-electron chi connectivity index (χ0n) is 16.4. The maximum absolute atomic E-state index is 13.1. The van der Waals surface area contributed by atoms with E-state index in [2.05, 4.69) is 33.7 Å². The van der Waals surface area contributed by atoms with Crippen LogP contribution >= 0.6 is 0 Å². The van der Waals surface area contributed by atoms with Crippen LogP contribution in [-0.2, 0) is 0 Å². The van der Waals surface area contributed by atoms with Crippen molar-refractivity contribution in [3.8, 4) is 0 Å². The number of benzene rings is 1. The maximum atomic E-state index is 13.1. The van der Waals surface area contributed by atoms with E-state index in [0.29, 0.717) is 18.3 Å². The van der Waals surface area contributed by atoms with Crippen LogP contribution in [0.2, 0.25) is 0 Å². The fourth-order valence-corrected chi connectivity index (χ4v) is 3.38. The summed E-state index contributed by atoms with van der Waals surface area (Å²) >= 11 is 0. The van der Waals surface area contributed by atoms with Gasteiger partial charge in [0.1, 0.15) is 11.6 Å². The van der Waals surface area contributed by atoms with Crippen molar-refractivity contribution < 1.29 is 9.50 Å². The van der Waals surface area contributed by atoms with Gasteiger partial charge in [0.05, 0.1) is 6.10 Å². The number of nitrogens with zero attached hydrogens (tertiary/aromatic N) is 5. The lowest BCUT2D eigenvalue weighted by Gasteiger charge is -2.28. The minimum Gasteiger partial charge on any atom is -0.388 e. The molecule has 1 N–H and O–H groups in total. The van der Waals surface area contributed by atoms with E-state index in [-0.39, 0.29) is 17.8 Å². The van der Waals surface area contributed by atoms with Gasteiger partial charge in [0, 0.05) is 32.6 Å². The summed E-state index contributed by atoms with van der Waals surface area (Å²) < 4.78 is 13.1. The fraction of sp³-hybridized carbons (Fsp3) is 0.550. The molecule has 1 aromatic heterocycles. The van der Waals surface area contributed by atoms with Crippen LogP contribution in [0.15, 0.2) is 24.3 Å². The highest BCUT2D eigenvalue weighted by molar-refractivity contribution is 5.40. The Balaban J connectivity index is 1.82. The Morgan fingerprint density at radius 3 is 2.52 bits per heavy atom. The molecule has 0 aliphatic carbocycles. The van der Waals surface area contributed by atoms with Gasteiger partial charge >= 0.3 is 0 Å². The highest BCUT2D eigenvalue weighted by atomic mass is 19.1. The fourth-order valence-electron chi connectivity index (χ4n) is 3.38. The molecule has 0 radical (unpaired) electrons. The summed E-state index contributed by atoms with van der Waals surface area (Å²) in [6.45, 7) is 4.99. The second-order valence-electron chi connectivity index (χ2n) is 7.64. The number of halogens is 1. The van der Waals surface area contributed by atoms with Gasteiger partial charge in [0.25, 0.3) is 0 Å². The van der Waals surface area contributed by atoms with Crippen molar-refractivity contribution in [2.45, 2.75) is 51.2 Å². The highest BCUT2D eigenvalue weighted by Gasteiger charge is 2.30. The Morgan fingerprint density at radius 1 is 1.19 bits per heavy atom. The van der Waals surface area contributed by atoms with E-state index < -0.39 is 6.10 Å². The minimum atomic E-state index is -0.643. The van der Waals surface area contributed by atoms with Gasteiger partial charge in [-0.2, -0.15) is 15.0 Å². The van der Waals surface area contributed by atoms with Crippen LogP contribution in [-0.4, -0.2) is 46.7 Å². The number of hydrogen-bond donors (Lipinski definition) is 1. The molecular weight excluding hydrogens is 345 g/mol. The summed E-state index contributed by atoms with van der Waals surface area (Å²) in [4.78, 5) is 17.9. The van der Waals surface area contributed by atoms with Crippen molar-refractivity contribution in [1.82, 2.24) is 15.0 Å². The van der Waals surface area contributed by atoms with Gasteiger partial charge in [-0.15, -0.1) is 0 Å². The number of hydrogen-bond acceptors (Lipinski definition) is 6. The Labute approximate surface area is 160 Å². The van der Waals surface area contributed by atoms with Gasteiger partial charge in [0.15, 0.2) is 0 Å². The lowest BCUT2D eigenvalue weighted by molar-refractivity contribution is 0.158. The zero-order valence-corrected chi connectivity index (χ0v) is 16.4. The molecule has 0 spiro atoms. The first-order chi connectivity index (χ1) is 12.8. The molecule has 7 heteroatoms. The van der Waals surface area contributed by atoms with E-state index in [4.69, 9.17) is 0 Å². The van der Waals surface area contributed by atoms with Crippen LogP contribution in [0.3, 0.4) is 0 Å². The van der Waals surface area contributed by atoms with Crippen molar-refractivity contribution >= 4 is 11.9 Å². The Morgan fingerprint density at radius 2 is 1.89 bits per heavy atom. The molecule has 1 aliphatic rings. The van der Waals surface area contributed by atoms with Crippen LogP contribution in [0.1, 0.15) is 56.5 Å². The molecule has 6 nitrogen and oxygen atoms in total. The third-order valence-corrected chi connectivity index (χ3v) is 4.93. The lowest BCUT2D eigenvalue weighted by Crippen LogP contribution is -2.33. The van der Waals surface area contributed by atoms with Crippen molar-refractivity contribution in [3.05, 3.63) is 41.5 Å². The standard InChI is InChI=1S/C20H28FN5O/c1-13(2)18-22-19(25(3)4)24-20(23-18)26-11-5-6-16(26)12-17(27)14-7-9-15(21)10-8-14/h7-10,13,16-17,27H,5-6,11-12H2,1-4H3. The largest absolute Gasteiger partial charge is 0.388 e. The summed E-state index contributed by atoms with van der Waals surface area (Å²) in [6, 6.07) is 6.19. The molecule has 0 bridgehead atoms. The van der Waals surface area contributed by atoms with Crippen molar-refractivity contribution in [2.75, 3.05) is 30.4 Å². The molecule has 27 heavy (non-hydrogen) atoms. The number of aliphatic hydroxyl groups is 1. The molecule has 2 aromatic rings. The van der Waals surface area contributed by atoms with Gasteiger partial charge in [-0.1, -0.05) is 26.0 Å². The van der Waals surface area contributed by atoms with Crippen LogP contribution in [0, 0.1) is 5.82 Å². The topological polar surface area (TPSA) is 65.4 Å². The van der Waals surface area contributed by atoms with Crippen LogP contribution < -0.4 is 9.80 Å². The summed E-state index contributed by atoms with van der Waals surface area (Å²) in [7, 11) is 3.84. The van der Waals surface area contributed by atoms with E-state index >= 15 is 0 Å². The molecule has 1 saturated heterocycles. The lowest BCUT2D eigenvalue weighted by atomic mass is 10.0. The van der Waals surface area contributed by atoms with E-state index in [0.717, 1.165) is 30.8 Å². The normalized spacial score (nSPS) is 18.2. The SMILES string of the molecule is CC(C)c1nc(N(C)C)nc(N2CCCC2CC(O)c2ccc(F)cc2)n1. The molecule has 1 aliphatic heterocycles. The molecule has 3 rings (SSSR count). The second-order valence-corrected chi connectivity index (χ2v) is 7.64. The summed E-state index contributed by atoms with van der Waals surface area (Å²) in [5.41, 5.74) is 0.732. The second kappa shape index (κ2) is 8.17. The smallest absolute Gasteiger partial charge is 0.230 e. The number of anilines is 2. The maximum Gasteiger partial charge on any atom is 0.230 e. The molecule has 2 unspecified atom stereocenters. The molecule has 146 valence electrons. The molecular formula is C20H28FN5O. The average Bonchev–Trinajstić information content (AvgIpc) is 3.09. The average molecular weight is 373 g/mol. The first kappa shape index (κ1) is 19.5. The van der Waals surface area contributed by atoms with Gasteiger partial charge in [-0.3, -0.25) is 0 Å². The quantitative estimate of drug-likeness (QED) is 0.838. The number of rotatable bonds is 6. The number of aromatic nitrogens is 3. The Kier molecular flexibility index (Phi) is 5.89. The summed E-state index contributed by atoms with van der Waals surface area (Å²) in [5, 5.41) is 10.6. The van der Waals surface area contributed by atoms with Gasteiger partial charge in [-0.25, -0.2) is 4.39 Å². The van der Waals surface area contributed by atoms with E-state index in [1.54, 1.807) is 12.1 Å². The van der Waals surface area contributed by atoms with Crippen LogP contribution in [0.25, 0.3) is 0 Å². The highest BCUT2D eigenvalue weighted by Crippen LogP contribution is 2.31. The summed E-state index contributed by atoms with van der Waals surface area (Å²) in [6.07, 6.45) is 1.92. The van der Waals surface area contributed by atoms with E-state index in [1.807, 2.05) is 19.0 Å². The first-order valence-corrected chi connectivity index (χ1v) is 9.48.